The zero-order valence-corrected chi connectivity index (χ0v) is 14.5. The zero-order valence-electron chi connectivity index (χ0n) is 12.1. The molecule has 3 rings (SSSR count). The molecule has 5 nitrogen and oxygen atoms in total. The van der Waals surface area contributed by atoms with Gasteiger partial charge < -0.3 is 10.2 Å². The molecule has 0 aromatic carbocycles. The number of hydrogen-bond donors (Lipinski definition) is 1. The maximum absolute atomic E-state index is 12.8. The fourth-order valence-corrected chi connectivity index (χ4v) is 3.28. The average molecular weight is 419 g/mol. The van der Waals surface area contributed by atoms with Crippen molar-refractivity contribution < 1.29 is 17.6 Å². The number of halogens is 4. The Kier molecular flexibility index (Phi) is 4.43. The number of nitrogen functional groups attached to an aromatic ring is 1. The SMILES string of the molecule is CC(Sc1nc(N)cc(C(F)(F)F)n1)c1cc2c(Br)coc2cn1. The third-order valence-electron chi connectivity index (χ3n) is 3.15. The van der Waals surface area contributed by atoms with Crippen LogP contribution in [-0.2, 0) is 6.18 Å². The molecule has 126 valence electrons. The molecule has 24 heavy (non-hydrogen) atoms. The first-order valence-corrected chi connectivity index (χ1v) is 8.32. The van der Waals surface area contributed by atoms with Gasteiger partial charge in [-0.1, -0.05) is 11.8 Å². The molecule has 1 unspecified atom stereocenters. The van der Waals surface area contributed by atoms with Crippen molar-refractivity contribution in [3.8, 4) is 0 Å². The first-order valence-electron chi connectivity index (χ1n) is 6.65. The summed E-state index contributed by atoms with van der Waals surface area (Å²) >= 11 is 4.41. The number of aromatic nitrogens is 3. The highest BCUT2D eigenvalue weighted by Gasteiger charge is 2.33. The summed E-state index contributed by atoms with van der Waals surface area (Å²) in [6, 6.07) is 2.51. The van der Waals surface area contributed by atoms with E-state index in [2.05, 4.69) is 30.9 Å². The lowest BCUT2D eigenvalue weighted by atomic mass is 10.2. The van der Waals surface area contributed by atoms with E-state index in [4.69, 9.17) is 10.2 Å². The predicted octanol–water partition coefficient (Wildman–Crippen LogP) is 4.83. The van der Waals surface area contributed by atoms with Crippen LogP contribution < -0.4 is 5.73 Å². The second-order valence-electron chi connectivity index (χ2n) is 4.91. The molecular weight excluding hydrogens is 409 g/mol. The molecule has 3 aromatic rings. The van der Waals surface area contributed by atoms with Crippen molar-refractivity contribution in [2.75, 3.05) is 5.73 Å². The Balaban J connectivity index is 1.89. The minimum Gasteiger partial charge on any atom is -0.461 e. The number of pyridine rings is 1. The Morgan fingerprint density at radius 3 is 2.75 bits per heavy atom. The highest BCUT2D eigenvalue weighted by molar-refractivity contribution is 9.10. The van der Waals surface area contributed by atoms with Gasteiger partial charge in [-0.25, -0.2) is 9.97 Å². The normalized spacial score (nSPS) is 13.4. The number of nitrogens with two attached hydrogens (primary N) is 1. The fraction of sp³-hybridized carbons (Fsp3) is 0.214. The Morgan fingerprint density at radius 2 is 2.04 bits per heavy atom. The molecule has 3 aromatic heterocycles. The van der Waals surface area contributed by atoms with Gasteiger partial charge in [0.05, 0.1) is 21.6 Å². The highest BCUT2D eigenvalue weighted by Crippen LogP contribution is 2.36. The largest absolute Gasteiger partial charge is 0.461 e. The van der Waals surface area contributed by atoms with Crippen molar-refractivity contribution in [2.45, 2.75) is 23.5 Å². The van der Waals surface area contributed by atoms with Crippen molar-refractivity contribution in [3.63, 3.8) is 0 Å². The van der Waals surface area contributed by atoms with Gasteiger partial charge in [0, 0.05) is 11.5 Å². The Bertz CT molecular complexity index is 899. The van der Waals surface area contributed by atoms with E-state index in [1.165, 1.54) is 0 Å². The van der Waals surface area contributed by atoms with Crippen molar-refractivity contribution in [1.82, 2.24) is 15.0 Å². The first-order chi connectivity index (χ1) is 11.2. The summed E-state index contributed by atoms with van der Waals surface area (Å²) in [6.07, 6.45) is -1.47. The minimum atomic E-state index is -4.57. The van der Waals surface area contributed by atoms with E-state index in [0.29, 0.717) is 17.3 Å². The lowest BCUT2D eigenvalue weighted by Gasteiger charge is -2.12. The van der Waals surface area contributed by atoms with Crippen molar-refractivity contribution >= 4 is 44.5 Å². The van der Waals surface area contributed by atoms with Crippen LogP contribution >= 0.6 is 27.7 Å². The minimum absolute atomic E-state index is 0.0528. The van der Waals surface area contributed by atoms with Gasteiger partial charge in [0.1, 0.15) is 12.1 Å². The number of furan rings is 1. The van der Waals surface area contributed by atoms with Crippen LogP contribution in [0.15, 0.2) is 38.6 Å². The Labute approximate surface area is 147 Å². The number of anilines is 1. The predicted molar refractivity (Wildman–Crippen MR) is 87.4 cm³/mol. The number of alkyl halides is 3. The topological polar surface area (TPSA) is 77.8 Å². The maximum Gasteiger partial charge on any atom is 0.433 e. The van der Waals surface area contributed by atoms with E-state index in [1.807, 2.05) is 0 Å². The lowest BCUT2D eigenvalue weighted by molar-refractivity contribution is -0.141. The van der Waals surface area contributed by atoms with Gasteiger partial charge in [0.25, 0.3) is 0 Å². The molecule has 0 spiro atoms. The molecule has 0 saturated heterocycles. The quantitative estimate of drug-likeness (QED) is 0.484. The summed E-state index contributed by atoms with van der Waals surface area (Å²) in [5.74, 6) is -0.229. The molecule has 0 aliphatic carbocycles. The smallest absolute Gasteiger partial charge is 0.433 e. The van der Waals surface area contributed by atoms with Crippen LogP contribution in [0.3, 0.4) is 0 Å². The molecule has 10 heteroatoms. The average Bonchev–Trinajstić information content (AvgIpc) is 2.86. The molecule has 2 N–H and O–H groups in total. The molecule has 0 aliphatic rings. The van der Waals surface area contributed by atoms with Crippen LogP contribution in [0.2, 0.25) is 0 Å². The number of hydrogen-bond acceptors (Lipinski definition) is 6. The van der Waals surface area contributed by atoms with Gasteiger partial charge in [-0.2, -0.15) is 13.2 Å². The molecule has 0 saturated carbocycles. The summed E-state index contributed by atoms with van der Waals surface area (Å²) in [4.78, 5) is 11.7. The fourth-order valence-electron chi connectivity index (χ4n) is 2.00. The van der Waals surface area contributed by atoms with Crippen LogP contribution in [0.4, 0.5) is 19.0 Å². The molecule has 0 aliphatic heterocycles. The van der Waals surface area contributed by atoms with Gasteiger partial charge in [-0.3, -0.25) is 4.98 Å². The first kappa shape index (κ1) is 17.0. The highest BCUT2D eigenvalue weighted by atomic mass is 79.9. The third-order valence-corrected chi connectivity index (χ3v) is 4.75. The number of fused-ring (bicyclic) bond motifs is 1. The van der Waals surface area contributed by atoms with Crippen LogP contribution in [0.25, 0.3) is 11.0 Å². The van der Waals surface area contributed by atoms with Crippen molar-refractivity contribution in [3.05, 3.63) is 40.5 Å². The molecule has 3 heterocycles. The summed E-state index contributed by atoms with van der Waals surface area (Å²) in [7, 11) is 0. The number of rotatable bonds is 3. The zero-order chi connectivity index (χ0) is 17.5. The van der Waals surface area contributed by atoms with Gasteiger partial charge in [-0.05, 0) is 28.9 Å². The van der Waals surface area contributed by atoms with Crippen LogP contribution in [0, 0.1) is 0 Å². The molecule has 1 atom stereocenters. The van der Waals surface area contributed by atoms with Crippen molar-refractivity contribution in [1.29, 1.82) is 0 Å². The monoisotopic (exact) mass is 418 g/mol. The van der Waals surface area contributed by atoms with E-state index in [1.54, 1.807) is 25.5 Å². The number of thioether (sulfide) groups is 1. The maximum atomic E-state index is 12.8. The van der Waals surface area contributed by atoms with Crippen LogP contribution in [-0.4, -0.2) is 15.0 Å². The van der Waals surface area contributed by atoms with E-state index in [0.717, 1.165) is 21.6 Å². The summed E-state index contributed by atoms with van der Waals surface area (Å²) in [6.45, 7) is 1.80. The van der Waals surface area contributed by atoms with Crippen LogP contribution in [0.1, 0.15) is 23.6 Å². The molecule has 0 amide bonds. The van der Waals surface area contributed by atoms with E-state index in [-0.39, 0.29) is 16.2 Å². The molecular formula is C14H10BrF3N4OS. The van der Waals surface area contributed by atoms with Gasteiger partial charge in [0.2, 0.25) is 0 Å². The second kappa shape index (κ2) is 6.25. The van der Waals surface area contributed by atoms with Crippen LogP contribution in [0.5, 0.6) is 0 Å². The Hall–Kier alpha value is -1.81. The summed E-state index contributed by atoms with van der Waals surface area (Å²) in [5.41, 5.74) is 5.66. The second-order valence-corrected chi connectivity index (χ2v) is 7.07. The third kappa shape index (κ3) is 3.48. The van der Waals surface area contributed by atoms with Crippen molar-refractivity contribution in [2.24, 2.45) is 0 Å². The summed E-state index contributed by atoms with van der Waals surface area (Å²) < 4.78 is 44.5. The molecule has 0 bridgehead atoms. The standard InChI is InChI=1S/C14H10BrF3N4OS/c1-6(9-2-7-8(15)5-23-10(7)4-20-9)24-13-21-11(14(16,17)18)3-12(19)22-13/h2-6H,1H3,(H2,19,21,22). The van der Waals surface area contributed by atoms with E-state index in [9.17, 15) is 13.2 Å². The lowest BCUT2D eigenvalue weighted by Crippen LogP contribution is -2.11. The number of nitrogens with zero attached hydrogens (tertiary/aromatic N) is 3. The summed E-state index contributed by atoms with van der Waals surface area (Å²) in [5, 5.41) is 0.499. The van der Waals surface area contributed by atoms with Gasteiger partial charge in [0.15, 0.2) is 16.4 Å². The van der Waals surface area contributed by atoms with Gasteiger partial charge >= 0.3 is 6.18 Å². The Morgan fingerprint density at radius 1 is 1.29 bits per heavy atom. The molecule has 0 fully saturated rings. The molecule has 0 radical (unpaired) electrons. The van der Waals surface area contributed by atoms with E-state index >= 15 is 0 Å². The van der Waals surface area contributed by atoms with Gasteiger partial charge in [-0.15, -0.1) is 0 Å². The van der Waals surface area contributed by atoms with E-state index < -0.39 is 11.9 Å².